The van der Waals surface area contributed by atoms with Crippen LogP contribution in [0.2, 0.25) is 0 Å². The maximum atomic E-state index is 13.6. The molecule has 2 fully saturated rings. The molecule has 8 nitrogen and oxygen atoms in total. The third-order valence-corrected chi connectivity index (χ3v) is 8.87. The molecule has 3 aromatic rings. The summed E-state index contributed by atoms with van der Waals surface area (Å²) in [6.45, 7) is 13.4. The first-order valence-electron chi connectivity index (χ1n) is 14.4. The molecule has 218 valence electrons. The van der Waals surface area contributed by atoms with E-state index in [1.807, 2.05) is 40.0 Å². The second kappa shape index (κ2) is 11.4. The number of hydrogen-bond donors (Lipinski definition) is 0. The van der Waals surface area contributed by atoms with Gasteiger partial charge in [0.1, 0.15) is 17.5 Å². The van der Waals surface area contributed by atoms with E-state index >= 15 is 0 Å². The molecule has 0 N–H and O–H groups in total. The third-order valence-electron chi connectivity index (χ3n) is 7.71. The highest BCUT2D eigenvalue weighted by Gasteiger charge is 2.33. The van der Waals surface area contributed by atoms with Crippen molar-refractivity contribution in [3.8, 4) is 5.88 Å². The van der Waals surface area contributed by atoms with Crippen molar-refractivity contribution in [2.75, 3.05) is 4.90 Å². The Kier molecular flexibility index (Phi) is 8.20. The molecule has 2 aliphatic carbocycles. The van der Waals surface area contributed by atoms with Gasteiger partial charge in [-0.2, -0.15) is 0 Å². The highest BCUT2D eigenvalue weighted by molar-refractivity contribution is 14.1. The predicted molar refractivity (Wildman–Crippen MR) is 169 cm³/mol. The molecule has 0 radical (unpaired) electrons. The Balaban J connectivity index is 1.45. The number of aryl methyl sites for hydroxylation is 2. The molecular weight excluding hydrogens is 631 g/mol. The SMILES string of the molecule is C=C(C)C(=O)N(c1ccc2c(n1)c(OC1CCC(C(=O)OC(C)(C)C)CC1)nn2C)c1cc(C)c(I)cc1C1CC1. The van der Waals surface area contributed by atoms with Crippen molar-refractivity contribution >= 4 is 57.0 Å². The van der Waals surface area contributed by atoms with Crippen LogP contribution in [-0.4, -0.2) is 38.3 Å². The summed E-state index contributed by atoms with van der Waals surface area (Å²) >= 11 is 2.36. The van der Waals surface area contributed by atoms with E-state index in [4.69, 9.17) is 14.5 Å². The highest BCUT2D eigenvalue weighted by atomic mass is 127. The lowest BCUT2D eigenvalue weighted by Crippen LogP contribution is -2.33. The van der Waals surface area contributed by atoms with Gasteiger partial charge < -0.3 is 9.47 Å². The molecule has 2 aromatic heterocycles. The second-order valence-corrected chi connectivity index (χ2v) is 13.6. The van der Waals surface area contributed by atoms with Crippen molar-refractivity contribution in [3.05, 3.63) is 51.1 Å². The number of esters is 1. The number of fused-ring (bicyclic) bond motifs is 1. The summed E-state index contributed by atoms with van der Waals surface area (Å²) in [6, 6.07) is 8.09. The van der Waals surface area contributed by atoms with Gasteiger partial charge in [-0.1, -0.05) is 6.58 Å². The van der Waals surface area contributed by atoms with Crippen molar-refractivity contribution in [3.63, 3.8) is 0 Å². The molecule has 0 spiro atoms. The van der Waals surface area contributed by atoms with Gasteiger partial charge in [-0.05, 0) is 137 Å². The minimum Gasteiger partial charge on any atom is -0.472 e. The molecule has 2 saturated carbocycles. The number of carbonyl (C=O) groups is 2. The van der Waals surface area contributed by atoms with Crippen LogP contribution >= 0.6 is 22.6 Å². The van der Waals surface area contributed by atoms with E-state index in [0.717, 1.165) is 42.5 Å². The molecule has 2 heterocycles. The molecule has 41 heavy (non-hydrogen) atoms. The predicted octanol–water partition coefficient (Wildman–Crippen LogP) is 7.28. The molecule has 2 aliphatic rings. The van der Waals surface area contributed by atoms with Crippen LogP contribution in [0.4, 0.5) is 11.5 Å². The number of rotatable bonds is 7. The third kappa shape index (κ3) is 6.44. The maximum Gasteiger partial charge on any atom is 0.309 e. The first-order chi connectivity index (χ1) is 19.3. The number of hydrogen-bond acceptors (Lipinski definition) is 6. The van der Waals surface area contributed by atoms with Crippen LogP contribution in [0.15, 0.2) is 36.4 Å². The Morgan fingerprint density at radius 3 is 2.39 bits per heavy atom. The zero-order valence-electron chi connectivity index (χ0n) is 24.8. The molecule has 0 bridgehead atoms. The normalized spacial score (nSPS) is 19.2. The quantitative estimate of drug-likeness (QED) is 0.149. The number of nitrogens with zero attached hydrogens (tertiary/aromatic N) is 4. The maximum absolute atomic E-state index is 13.6. The topological polar surface area (TPSA) is 86.6 Å². The zero-order valence-corrected chi connectivity index (χ0v) is 26.9. The van der Waals surface area contributed by atoms with E-state index in [-0.39, 0.29) is 23.9 Å². The van der Waals surface area contributed by atoms with Gasteiger partial charge in [0.2, 0.25) is 0 Å². The minimum absolute atomic E-state index is 0.0780. The van der Waals surface area contributed by atoms with Crippen LogP contribution in [-0.2, 0) is 21.4 Å². The first kappa shape index (κ1) is 29.5. The fraction of sp³-hybridized carbons (Fsp3) is 0.500. The van der Waals surface area contributed by atoms with Crippen LogP contribution in [0.1, 0.15) is 83.3 Å². The summed E-state index contributed by atoms with van der Waals surface area (Å²) in [6.07, 6.45) is 5.03. The summed E-state index contributed by atoms with van der Waals surface area (Å²) in [4.78, 5) is 32.9. The average molecular weight is 671 g/mol. The van der Waals surface area contributed by atoms with Crippen LogP contribution in [0, 0.1) is 16.4 Å². The lowest BCUT2D eigenvalue weighted by molar-refractivity contribution is -0.161. The summed E-state index contributed by atoms with van der Waals surface area (Å²) in [5, 5.41) is 4.64. The monoisotopic (exact) mass is 670 g/mol. The zero-order chi connectivity index (χ0) is 29.6. The fourth-order valence-corrected chi connectivity index (χ4v) is 5.88. The first-order valence-corrected chi connectivity index (χ1v) is 15.4. The number of ether oxygens (including phenoxy) is 2. The second-order valence-electron chi connectivity index (χ2n) is 12.4. The Bertz CT molecular complexity index is 1510. The minimum atomic E-state index is -0.490. The molecule has 0 saturated heterocycles. The van der Waals surface area contributed by atoms with E-state index in [0.29, 0.717) is 41.5 Å². The van der Waals surface area contributed by atoms with Crippen LogP contribution in [0.25, 0.3) is 11.0 Å². The van der Waals surface area contributed by atoms with Gasteiger partial charge in [0.15, 0.2) is 5.52 Å². The van der Waals surface area contributed by atoms with Crippen LogP contribution in [0.5, 0.6) is 5.88 Å². The Morgan fingerprint density at radius 2 is 1.78 bits per heavy atom. The van der Waals surface area contributed by atoms with Gasteiger partial charge in [0, 0.05) is 16.2 Å². The van der Waals surface area contributed by atoms with Crippen LogP contribution in [0.3, 0.4) is 0 Å². The van der Waals surface area contributed by atoms with Gasteiger partial charge in [-0.25, -0.2) is 4.98 Å². The Hall–Kier alpha value is -2.95. The Morgan fingerprint density at radius 1 is 1.10 bits per heavy atom. The highest BCUT2D eigenvalue weighted by Crippen LogP contribution is 2.47. The molecule has 0 aliphatic heterocycles. The summed E-state index contributed by atoms with van der Waals surface area (Å²) < 4.78 is 14.9. The van der Waals surface area contributed by atoms with Gasteiger partial charge in [-0.3, -0.25) is 19.2 Å². The van der Waals surface area contributed by atoms with Crippen molar-refractivity contribution in [2.24, 2.45) is 13.0 Å². The molecule has 5 rings (SSSR count). The lowest BCUT2D eigenvalue weighted by Gasteiger charge is -2.29. The van der Waals surface area contributed by atoms with E-state index in [9.17, 15) is 9.59 Å². The van der Waals surface area contributed by atoms with E-state index in [1.165, 1.54) is 9.13 Å². The van der Waals surface area contributed by atoms with Crippen LogP contribution < -0.4 is 9.64 Å². The van der Waals surface area contributed by atoms with E-state index in [1.54, 1.807) is 16.5 Å². The summed E-state index contributed by atoms with van der Waals surface area (Å²) in [5.41, 5.74) is 4.51. The van der Waals surface area contributed by atoms with Gasteiger partial charge >= 0.3 is 5.97 Å². The van der Waals surface area contributed by atoms with Gasteiger partial charge in [0.05, 0.1) is 17.1 Å². The molecule has 0 unspecified atom stereocenters. The molecule has 1 amide bonds. The number of halogens is 1. The number of amides is 1. The van der Waals surface area contributed by atoms with Gasteiger partial charge in [0.25, 0.3) is 11.8 Å². The van der Waals surface area contributed by atoms with Crippen molar-refractivity contribution in [2.45, 2.75) is 90.8 Å². The van der Waals surface area contributed by atoms with Crippen molar-refractivity contribution < 1.29 is 19.1 Å². The smallest absolute Gasteiger partial charge is 0.309 e. The van der Waals surface area contributed by atoms with Crippen molar-refractivity contribution in [1.82, 2.24) is 14.8 Å². The largest absolute Gasteiger partial charge is 0.472 e. The molecule has 1 aromatic carbocycles. The molecule has 9 heteroatoms. The average Bonchev–Trinajstić information content (AvgIpc) is 3.70. The van der Waals surface area contributed by atoms with Crippen molar-refractivity contribution in [1.29, 1.82) is 0 Å². The number of anilines is 2. The number of aromatic nitrogens is 3. The summed E-state index contributed by atoms with van der Waals surface area (Å²) in [5.74, 6) is 0.958. The fourth-order valence-electron chi connectivity index (χ4n) is 5.39. The number of pyridine rings is 1. The molecular formula is C32H39IN4O4. The number of benzene rings is 1. The van der Waals surface area contributed by atoms with E-state index in [2.05, 4.69) is 53.3 Å². The molecule has 0 atom stereocenters. The standard InChI is InChI=1S/C32H39IN4O4/c1-18(2)30(38)37(26-16-19(3)24(33)17-23(26)20-8-9-20)27-15-14-25-28(34-27)29(35-36(25)7)40-22-12-10-21(11-13-22)31(39)41-32(4,5)6/h14-17,20-22H,1,8-13H2,2-7H3. The lowest BCUT2D eigenvalue weighted by atomic mass is 9.87. The van der Waals surface area contributed by atoms with E-state index < -0.39 is 5.60 Å². The number of carbonyl (C=O) groups excluding carboxylic acids is 2. The summed E-state index contributed by atoms with van der Waals surface area (Å²) in [7, 11) is 1.86. The Labute approximate surface area is 255 Å². The van der Waals surface area contributed by atoms with Gasteiger partial charge in [-0.15, -0.1) is 5.10 Å².